The van der Waals surface area contributed by atoms with E-state index in [-0.39, 0.29) is 24.5 Å². The molecule has 54 valence electrons. The molecule has 1 N–H and O–H groups in total. The van der Waals surface area contributed by atoms with E-state index in [0.717, 1.165) is 0 Å². The lowest BCUT2D eigenvalue weighted by molar-refractivity contribution is -0.121. The van der Waals surface area contributed by atoms with E-state index in [1.54, 1.807) is 22.9 Å². The Kier molecular flexibility index (Phi) is 4.94. The van der Waals surface area contributed by atoms with Crippen LogP contribution in [-0.4, -0.2) is 11.7 Å². The van der Waals surface area contributed by atoms with Crippen molar-refractivity contribution in [2.45, 2.75) is 12.8 Å². The van der Waals surface area contributed by atoms with Gasteiger partial charge in [0, 0.05) is 12.8 Å². The Morgan fingerprint density at radius 2 is 2.10 bits per heavy atom. The Morgan fingerprint density at radius 3 is 2.50 bits per heavy atom. The van der Waals surface area contributed by atoms with Gasteiger partial charge < -0.3 is 0 Å². The third kappa shape index (κ3) is 4.32. The van der Waals surface area contributed by atoms with E-state index in [9.17, 15) is 9.59 Å². The number of Topliss-reactive ketones (excluding diaryl/α,β-unsaturated/α-hetero) is 1. The predicted octanol–water partition coefficient (Wildman–Crippen LogP) is 0.435. The maximum Gasteiger partial charge on any atom is 0.229 e. The van der Waals surface area contributed by atoms with Crippen LogP contribution < -0.4 is 3.53 Å². The first-order chi connectivity index (χ1) is 4.70. The van der Waals surface area contributed by atoms with Gasteiger partial charge in [-0.1, -0.05) is 0 Å². The molecule has 10 heavy (non-hydrogen) atoms. The Morgan fingerprint density at radius 1 is 1.50 bits per heavy atom. The molecule has 0 saturated heterocycles. The quantitative estimate of drug-likeness (QED) is 0.342. The molecule has 0 unspecified atom stereocenters. The van der Waals surface area contributed by atoms with E-state index < -0.39 is 0 Å². The SMILES string of the molecule is C#CC(=O)CCC(=O)NI. The van der Waals surface area contributed by atoms with Crippen molar-refractivity contribution in [1.82, 2.24) is 3.53 Å². The minimum absolute atomic E-state index is 0.130. The summed E-state index contributed by atoms with van der Waals surface area (Å²) in [6, 6.07) is 0. The second-order valence-electron chi connectivity index (χ2n) is 1.59. The summed E-state index contributed by atoms with van der Waals surface area (Å²) >= 11 is 1.71. The van der Waals surface area contributed by atoms with Gasteiger partial charge in [0.1, 0.15) is 0 Å². The van der Waals surface area contributed by atoms with Crippen molar-refractivity contribution < 1.29 is 9.59 Å². The third-order valence-corrected chi connectivity index (χ3v) is 1.45. The van der Waals surface area contributed by atoms with Crippen molar-refractivity contribution in [1.29, 1.82) is 0 Å². The lowest BCUT2D eigenvalue weighted by Crippen LogP contribution is -2.12. The number of rotatable bonds is 3. The second-order valence-corrected chi connectivity index (χ2v) is 2.12. The highest BCUT2D eigenvalue weighted by atomic mass is 127. The van der Waals surface area contributed by atoms with Crippen LogP contribution in [0.2, 0.25) is 0 Å². The highest BCUT2D eigenvalue weighted by molar-refractivity contribution is 14.1. The number of terminal acetylenes is 1. The fourth-order valence-corrected chi connectivity index (χ4v) is 0.616. The average molecular weight is 251 g/mol. The van der Waals surface area contributed by atoms with Crippen molar-refractivity contribution in [3.05, 3.63) is 0 Å². The molecule has 0 aliphatic carbocycles. The van der Waals surface area contributed by atoms with Crippen LogP contribution in [0.1, 0.15) is 12.8 Å². The van der Waals surface area contributed by atoms with Gasteiger partial charge in [0.2, 0.25) is 11.7 Å². The van der Waals surface area contributed by atoms with Gasteiger partial charge >= 0.3 is 0 Å². The molecule has 0 spiro atoms. The minimum atomic E-state index is -0.333. The number of hydrogen-bond donors (Lipinski definition) is 1. The first-order valence-electron chi connectivity index (χ1n) is 2.59. The number of ketones is 1. The maximum absolute atomic E-state index is 10.5. The normalized spacial score (nSPS) is 8.00. The number of carbonyl (C=O) groups is 2. The Labute approximate surface area is 73.1 Å². The van der Waals surface area contributed by atoms with Crippen molar-refractivity contribution in [2.75, 3.05) is 0 Å². The zero-order valence-electron chi connectivity index (χ0n) is 5.19. The van der Waals surface area contributed by atoms with E-state index in [0.29, 0.717) is 0 Å². The standard InChI is InChI=1S/C6H6INO2/c1-2-5(9)3-4-6(10)8-7/h1H,3-4H2,(H,8,10). The van der Waals surface area contributed by atoms with Crippen LogP contribution in [-0.2, 0) is 9.59 Å². The predicted molar refractivity (Wildman–Crippen MR) is 45.2 cm³/mol. The molecule has 4 heteroatoms. The summed E-state index contributed by atoms with van der Waals surface area (Å²) in [6.45, 7) is 0. The summed E-state index contributed by atoms with van der Waals surface area (Å²) in [5, 5.41) is 0. The van der Waals surface area contributed by atoms with Crippen LogP contribution in [0.3, 0.4) is 0 Å². The molecule has 0 aromatic rings. The van der Waals surface area contributed by atoms with E-state index in [1.807, 2.05) is 5.92 Å². The molecule has 0 heterocycles. The van der Waals surface area contributed by atoms with Gasteiger partial charge in [-0.3, -0.25) is 13.1 Å². The zero-order valence-corrected chi connectivity index (χ0v) is 7.34. The summed E-state index contributed by atoms with van der Waals surface area (Å²) in [7, 11) is 0. The van der Waals surface area contributed by atoms with Crippen molar-refractivity contribution >= 4 is 34.6 Å². The van der Waals surface area contributed by atoms with E-state index in [4.69, 9.17) is 6.42 Å². The fourth-order valence-electron chi connectivity index (χ4n) is 0.346. The number of halogens is 1. The summed E-state index contributed by atoms with van der Waals surface area (Å²) in [4.78, 5) is 20.9. The van der Waals surface area contributed by atoms with Crippen LogP contribution in [0.5, 0.6) is 0 Å². The second kappa shape index (κ2) is 5.23. The summed E-state index contributed by atoms with van der Waals surface area (Å²) < 4.78 is 2.35. The first kappa shape index (κ1) is 9.43. The molecule has 0 aromatic carbocycles. The molecule has 0 bridgehead atoms. The number of nitrogens with one attached hydrogen (secondary N) is 1. The Balaban J connectivity index is 3.48. The zero-order chi connectivity index (χ0) is 7.98. The number of carbonyl (C=O) groups excluding carboxylic acids is 2. The average Bonchev–Trinajstić information content (AvgIpc) is 1.99. The molecule has 0 aliphatic rings. The van der Waals surface area contributed by atoms with E-state index in [1.165, 1.54) is 0 Å². The van der Waals surface area contributed by atoms with Crippen molar-refractivity contribution in [3.63, 3.8) is 0 Å². The van der Waals surface area contributed by atoms with Gasteiger partial charge in [-0.25, -0.2) is 0 Å². The van der Waals surface area contributed by atoms with Crippen molar-refractivity contribution in [2.24, 2.45) is 0 Å². The highest BCUT2D eigenvalue weighted by Gasteiger charge is 2.01. The molecule has 0 atom stereocenters. The number of hydrogen-bond acceptors (Lipinski definition) is 2. The molecular formula is C6H6INO2. The van der Waals surface area contributed by atoms with Gasteiger partial charge in [0.05, 0.1) is 22.9 Å². The van der Waals surface area contributed by atoms with Crippen LogP contribution in [0.15, 0.2) is 0 Å². The molecule has 3 nitrogen and oxygen atoms in total. The fraction of sp³-hybridized carbons (Fsp3) is 0.333. The molecule has 0 aromatic heterocycles. The molecule has 1 amide bonds. The van der Waals surface area contributed by atoms with E-state index in [2.05, 4.69) is 3.53 Å². The van der Waals surface area contributed by atoms with Crippen LogP contribution in [0, 0.1) is 12.3 Å². The Bertz CT molecular complexity index is 183. The highest BCUT2D eigenvalue weighted by Crippen LogP contribution is 1.90. The van der Waals surface area contributed by atoms with E-state index >= 15 is 0 Å². The topological polar surface area (TPSA) is 46.2 Å². The van der Waals surface area contributed by atoms with Gasteiger partial charge in [-0.15, -0.1) is 6.42 Å². The summed E-state index contributed by atoms with van der Waals surface area (Å²) in [6.07, 6.45) is 5.07. The number of amides is 1. The lowest BCUT2D eigenvalue weighted by Gasteiger charge is -1.91. The summed E-state index contributed by atoms with van der Waals surface area (Å²) in [5.74, 6) is 1.41. The first-order valence-corrected chi connectivity index (χ1v) is 3.67. The molecule has 0 fully saturated rings. The van der Waals surface area contributed by atoms with Crippen LogP contribution in [0.25, 0.3) is 0 Å². The molecule has 0 radical (unpaired) electrons. The lowest BCUT2D eigenvalue weighted by atomic mass is 10.2. The van der Waals surface area contributed by atoms with Crippen molar-refractivity contribution in [3.8, 4) is 12.3 Å². The monoisotopic (exact) mass is 251 g/mol. The third-order valence-electron chi connectivity index (χ3n) is 0.846. The van der Waals surface area contributed by atoms with Gasteiger partial charge in [-0.2, -0.15) is 0 Å². The molecule has 0 rings (SSSR count). The van der Waals surface area contributed by atoms with Gasteiger partial charge in [0.15, 0.2) is 0 Å². The maximum atomic E-state index is 10.5. The largest absolute Gasteiger partial charge is 0.299 e. The summed E-state index contributed by atoms with van der Waals surface area (Å²) in [5.41, 5.74) is 0. The smallest absolute Gasteiger partial charge is 0.229 e. The van der Waals surface area contributed by atoms with Crippen LogP contribution in [0.4, 0.5) is 0 Å². The van der Waals surface area contributed by atoms with Gasteiger partial charge in [0.25, 0.3) is 0 Å². The van der Waals surface area contributed by atoms with Crippen LogP contribution >= 0.6 is 22.9 Å². The Hall–Kier alpha value is -0.570. The minimum Gasteiger partial charge on any atom is -0.299 e. The molecule has 0 aliphatic heterocycles. The molecule has 0 saturated carbocycles. The van der Waals surface area contributed by atoms with Gasteiger partial charge in [-0.05, 0) is 5.92 Å². The molecular weight excluding hydrogens is 245 g/mol.